The van der Waals surface area contributed by atoms with Gasteiger partial charge in [0.1, 0.15) is 0 Å². The van der Waals surface area contributed by atoms with Crippen LogP contribution in [0, 0.1) is 0 Å². The Morgan fingerprint density at radius 1 is 1.00 bits per heavy atom. The lowest BCUT2D eigenvalue weighted by Gasteiger charge is -2.07. The van der Waals surface area contributed by atoms with Crippen LogP contribution in [0.5, 0.6) is 0 Å². The summed E-state index contributed by atoms with van der Waals surface area (Å²) in [6.45, 7) is 1.93. The van der Waals surface area contributed by atoms with E-state index >= 15 is 0 Å². The molecule has 0 aliphatic carbocycles. The van der Waals surface area contributed by atoms with Crippen LogP contribution in [0.3, 0.4) is 0 Å². The number of anilines is 1. The standard InChI is InChI=1S/C17H18N2O2S/c1-12(20)19-15-7-5-14(6-8-15)17(21)18-11-13-3-9-16(22-2)10-4-13/h3-10H,11H2,1-2H3,(H,18,21)(H,19,20). The van der Waals surface area contributed by atoms with Gasteiger partial charge in [-0.3, -0.25) is 9.59 Å². The van der Waals surface area contributed by atoms with Crippen LogP contribution < -0.4 is 10.6 Å². The van der Waals surface area contributed by atoms with Crippen LogP contribution in [0.4, 0.5) is 5.69 Å². The van der Waals surface area contributed by atoms with Crippen LogP contribution in [-0.4, -0.2) is 18.1 Å². The summed E-state index contributed by atoms with van der Waals surface area (Å²) < 4.78 is 0. The topological polar surface area (TPSA) is 58.2 Å². The van der Waals surface area contributed by atoms with Crippen molar-refractivity contribution < 1.29 is 9.59 Å². The molecule has 0 aliphatic heterocycles. The van der Waals surface area contributed by atoms with Crippen molar-refractivity contribution in [3.8, 4) is 0 Å². The van der Waals surface area contributed by atoms with Crippen LogP contribution >= 0.6 is 11.8 Å². The zero-order chi connectivity index (χ0) is 15.9. The molecule has 0 bridgehead atoms. The smallest absolute Gasteiger partial charge is 0.251 e. The van der Waals surface area contributed by atoms with Gasteiger partial charge in [-0.15, -0.1) is 11.8 Å². The molecule has 0 aromatic heterocycles. The molecule has 0 radical (unpaired) electrons. The maximum absolute atomic E-state index is 12.1. The number of carbonyl (C=O) groups excluding carboxylic acids is 2. The normalized spacial score (nSPS) is 10.1. The minimum atomic E-state index is -0.136. The fraction of sp³-hybridized carbons (Fsp3) is 0.176. The number of amides is 2. The molecular formula is C17H18N2O2S. The Morgan fingerprint density at radius 3 is 2.18 bits per heavy atom. The average molecular weight is 314 g/mol. The molecule has 22 heavy (non-hydrogen) atoms. The summed E-state index contributed by atoms with van der Waals surface area (Å²) in [6, 6.07) is 14.9. The van der Waals surface area contributed by atoms with Gasteiger partial charge < -0.3 is 10.6 Å². The Balaban J connectivity index is 1.92. The molecule has 0 spiro atoms. The van der Waals surface area contributed by atoms with Crippen molar-refractivity contribution in [2.24, 2.45) is 0 Å². The predicted octanol–water partition coefficient (Wildman–Crippen LogP) is 3.30. The van der Waals surface area contributed by atoms with E-state index in [1.165, 1.54) is 11.8 Å². The summed E-state index contributed by atoms with van der Waals surface area (Å²) >= 11 is 1.69. The first-order valence-corrected chi connectivity index (χ1v) is 8.10. The molecular weight excluding hydrogens is 296 g/mol. The highest BCUT2D eigenvalue weighted by Gasteiger charge is 2.05. The zero-order valence-electron chi connectivity index (χ0n) is 12.6. The summed E-state index contributed by atoms with van der Waals surface area (Å²) in [5.41, 5.74) is 2.30. The monoisotopic (exact) mass is 314 g/mol. The number of nitrogens with one attached hydrogen (secondary N) is 2. The van der Waals surface area contributed by atoms with Crippen LogP contribution in [0.25, 0.3) is 0 Å². The van der Waals surface area contributed by atoms with Crippen LogP contribution in [0.15, 0.2) is 53.4 Å². The molecule has 114 valence electrons. The maximum Gasteiger partial charge on any atom is 0.251 e. The highest BCUT2D eigenvalue weighted by atomic mass is 32.2. The van der Waals surface area contributed by atoms with Crippen molar-refractivity contribution in [1.29, 1.82) is 0 Å². The van der Waals surface area contributed by atoms with E-state index in [0.29, 0.717) is 17.8 Å². The lowest BCUT2D eigenvalue weighted by atomic mass is 10.1. The minimum Gasteiger partial charge on any atom is -0.348 e. The fourth-order valence-corrected chi connectivity index (χ4v) is 2.34. The van der Waals surface area contributed by atoms with Gasteiger partial charge in [0.2, 0.25) is 5.91 Å². The van der Waals surface area contributed by atoms with Gasteiger partial charge in [-0.25, -0.2) is 0 Å². The highest BCUT2D eigenvalue weighted by molar-refractivity contribution is 7.98. The summed E-state index contributed by atoms with van der Waals surface area (Å²) in [4.78, 5) is 24.2. The van der Waals surface area contributed by atoms with E-state index in [1.54, 1.807) is 36.0 Å². The second-order valence-corrected chi connectivity index (χ2v) is 5.67. The van der Waals surface area contributed by atoms with E-state index in [2.05, 4.69) is 10.6 Å². The molecule has 2 aromatic carbocycles. The largest absolute Gasteiger partial charge is 0.348 e. The molecule has 4 nitrogen and oxygen atoms in total. The second kappa shape index (κ2) is 7.66. The quantitative estimate of drug-likeness (QED) is 0.833. The number of carbonyl (C=O) groups is 2. The maximum atomic E-state index is 12.1. The Kier molecular flexibility index (Phi) is 5.61. The molecule has 2 rings (SSSR count). The van der Waals surface area contributed by atoms with Crippen LogP contribution in [-0.2, 0) is 11.3 Å². The number of rotatable bonds is 5. The lowest BCUT2D eigenvalue weighted by molar-refractivity contribution is -0.114. The van der Waals surface area contributed by atoms with E-state index in [1.807, 2.05) is 30.5 Å². The van der Waals surface area contributed by atoms with E-state index in [9.17, 15) is 9.59 Å². The van der Waals surface area contributed by atoms with Crippen molar-refractivity contribution in [1.82, 2.24) is 5.32 Å². The van der Waals surface area contributed by atoms with Crippen molar-refractivity contribution in [2.75, 3.05) is 11.6 Å². The molecule has 0 atom stereocenters. The molecule has 2 N–H and O–H groups in total. The Labute approximate surface area is 134 Å². The van der Waals surface area contributed by atoms with E-state index in [-0.39, 0.29) is 11.8 Å². The Hall–Kier alpha value is -2.27. The van der Waals surface area contributed by atoms with Crippen LogP contribution in [0.1, 0.15) is 22.8 Å². The summed E-state index contributed by atoms with van der Waals surface area (Å²) in [7, 11) is 0. The first-order valence-electron chi connectivity index (χ1n) is 6.87. The molecule has 0 saturated heterocycles. The third kappa shape index (κ3) is 4.63. The molecule has 0 unspecified atom stereocenters. The molecule has 0 heterocycles. The average Bonchev–Trinajstić information content (AvgIpc) is 2.53. The van der Waals surface area contributed by atoms with Gasteiger partial charge in [-0.1, -0.05) is 12.1 Å². The Bertz CT molecular complexity index is 651. The van der Waals surface area contributed by atoms with Gasteiger partial charge in [0, 0.05) is 29.6 Å². The number of thioether (sulfide) groups is 1. The van der Waals surface area contributed by atoms with Gasteiger partial charge in [0.25, 0.3) is 5.91 Å². The third-order valence-corrected chi connectivity index (χ3v) is 3.82. The SMILES string of the molecule is CSc1ccc(CNC(=O)c2ccc(NC(C)=O)cc2)cc1. The number of hydrogen-bond donors (Lipinski definition) is 2. The van der Waals surface area contributed by atoms with Crippen molar-refractivity contribution in [3.05, 3.63) is 59.7 Å². The predicted molar refractivity (Wildman–Crippen MR) is 90.1 cm³/mol. The van der Waals surface area contributed by atoms with Crippen molar-refractivity contribution >= 4 is 29.3 Å². The lowest BCUT2D eigenvalue weighted by Crippen LogP contribution is -2.22. The first-order chi connectivity index (χ1) is 10.6. The summed E-state index contributed by atoms with van der Waals surface area (Å²) in [5.74, 6) is -0.269. The first kappa shape index (κ1) is 16.1. The summed E-state index contributed by atoms with van der Waals surface area (Å²) in [6.07, 6.45) is 2.03. The van der Waals surface area contributed by atoms with Gasteiger partial charge in [0.05, 0.1) is 0 Å². The zero-order valence-corrected chi connectivity index (χ0v) is 13.4. The highest BCUT2D eigenvalue weighted by Crippen LogP contribution is 2.15. The third-order valence-electron chi connectivity index (χ3n) is 3.08. The van der Waals surface area contributed by atoms with Crippen LogP contribution in [0.2, 0.25) is 0 Å². The van der Waals surface area contributed by atoms with Gasteiger partial charge in [-0.05, 0) is 48.2 Å². The van der Waals surface area contributed by atoms with Gasteiger partial charge in [-0.2, -0.15) is 0 Å². The molecule has 0 saturated carbocycles. The molecule has 0 aliphatic rings. The molecule has 5 heteroatoms. The van der Waals surface area contributed by atoms with Gasteiger partial charge >= 0.3 is 0 Å². The fourth-order valence-electron chi connectivity index (χ4n) is 1.94. The molecule has 2 aromatic rings. The Morgan fingerprint density at radius 2 is 1.64 bits per heavy atom. The van der Waals surface area contributed by atoms with E-state index < -0.39 is 0 Å². The number of benzene rings is 2. The molecule has 2 amide bonds. The van der Waals surface area contributed by atoms with Crippen molar-refractivity contribution in [3.63, 3.8) is 0 Å². The number of hydrogen-bond acceptors (Lipinski definition) is 3. The van der Waals surface area contributed by atoms with E-state index in [0.717, 1.165) is 5.56 Å². The second-order valence-electron chi connectivity index (χ2n) is 4.79. The molecule has 0 fully saturated rings. The van der Waals surface area contributed by atoms with Crippen molar-refractivity contribution in [2.45, 2.75) is 18.4 Å². The minimum absolute atomic E-state index is 0.133. The summed E-state index contributed by atoms with van der Waals surface area (Å²) in [5, 5.41) is 5.55. The van der Waals surface area contributed by atoms with E-state index in [4.69, 9.17) is 0 Å². The van der Waals surface area contributed by atoms with Gasteiger partial charge in [0.15, 0.2) is 0 Å².